The zero-order valence-electron chi connectivity index (χ0n) is 11.8. The molecule has 0 fully saturated rings. The fourth-order valence-electron chi connectivity index (χ4n) is 1.96. The van der Waals surface area contributed by atoms with Crippen LogP contribution in [0.3, 0.4) is 0 Å². The smallest absolute Gasteiger partial charge is 0.184 e. The minimum Gasteiger partial charge on any atom is -0.353 e. The van der Waals surface area contributed by atoms with E-state index in [1.54, 1.807) is 22.7 Å². The molecule has 0 amide bonds. The fourth-order valence-corrected chi connectivity index (χ4v) is 3.84. The summed E-state index contributed by atoms with van der Waals surface area (Å²) >= 11 is 3.42. The van der Waals surface area contributed by atoms with Crippen molar-refractivity contribution >= 4 is 38.0 Å². The summed E-state index contributed by atoms with van der Waals surface area (Å²) in [4.78, 5) is 9.30. The fraction of sp³-hybridized carbons (Fsp3) is 0.333. The quantitative estimate of drug-likeness (QED) is 0.733. The Hall–Kier alpha value is -1.46. The SMILES string of the molecule is CC(C)c1nc(C(C)Nc2nc3ccccc3s2)cs1. The Morgan fingerprint density at radius 1 is 1.10 bits per heavy atom. The Labute approximate surface area is 126 Å². The van der Waals surface area contributed by atoms with Crippen LogP contribution in [0, 0.1) is 0 Å². The predicted octanol–water partition coefficient (Wildman–Crippen LogP) is 5.05. The van der Waals surface area contributed by atoms with Gasteiger partial charge in [-0.1, -0.05) is 37.3 Å². The first-order valence-electron chi connectivity index (χ1n) is 6.71. The molecule has 0 aliphatic rings. The van der Waals surface area contributed by atoms with Crippen molar-refractivity contribution in [2.45, 2.75) is 32.7 Å². The summed E-state index contributed by atoms with van der Waals surface area (Å²) in [6.45, 7) is 6.48. The predicted molar refractivity (Wildman–Crippen MR) is 87.9 cm³/mol. The lowest BCUT2D eigenvalue weighted by Gasteiger charge is -2.09. The third-order valence-corrected chi connectivity index (χ3v) is 5.24. The lowest BCUT2D eigenvalue weighted by molar-refractivity contribution is 0.801. The van der Waals surface area contributed by atoms with Gasteiger partial charge in [-0.25, -0.2) is 9.97 Å². The molecule has 2 aromatic heterocycles. The van der Waals surface area contributed by atoms with Crippen LogP contribution in [-0.4, -0.2) is 9.97 Å². The summed E-state index contributed by atoms with van der Waals surface area (Å²) in [6, 6.07) is 8.39. The highest BCUT2D eigenvalue weighted by molar-refractivity contribution is 7.22. The summed E-state index contributed by atoms with van der Waals surface area (Å²) in [5.41, 5.74) is 2.14. The molecule has 0 radical (unpaired) electrons. The molecule has 5 heteroatoms. The highest BCUT2D eigenvalue weighted by atomic mass is 32.1. The Morgan fingerprint density at radius 2 is 1.90 bits per heavy atom. The van der Waals surface area contributed by atoms with Gasteiger partial charge in [-0.3, -0.25) is 0 Å². The number of nitrogens with one attached hydrogen (secondary N) is 1. The molecule has 20 heavy (non-hydrogen) atoms. The molecule has 0 aliphatic carbocycles. The van der Waals surface area contributed by atoms with Crippen molar-refractivity contribution in [2.24, 2.45) is 0 Å². The molecule has 1 aromatic carbocycles. The number of fused-ring (bicyclic) bond motifs is 1. The van der Waals surface area contributed by atoms with Crippen LogP contribution >= 0.6 is 22.7 Å². The summed E-state index contributed by atoms with van der Waals surface area (Å²) in [6.07, 6.45) is 0. The third kappa shape index (κ3) is 2.69. The van der Waals surface area contributed by atoms with Crippen LogP contribution < -0.4 is 5.32 Å². The van der Waals surface area contributed by atoms with Crippen molar-refractivity contribution < 1.29 is 0 Å². The van der Waals surface area contributed by atoms with Gasteiger partial charge < -0.3 is 5.32 Å². The van der Waals surface area contributed by atoms with Gasteiger partial charge in [0.15, 0.2) is 5.13 Å². The van der Waals surface area contributed by atoms with Gasteiger partial charge in [0.1, 0.15) is 0 Å². The van der Waals surface area contributed by atoms with Gasteiger partial charge in [-0.15, -0.1) is 11.3 Å². The minimum absolute atomic E-state index is 0.180. The van der Waals surface area contributed by atoms with E-state index in [-0.39, 0.29) is 6.04 Å². The third-order valence-electron chi connectivity index (χ3n) is 3.11. The maximum Gasteiger partial charge on any atom is 0.184 e. The van der Waals surface area contributed by atoms with Crippen LogP contribution in [0.2, 0.25) is 0 Å². The molecular weight excluding hydrogens is 286 g/mol. The molecule has 2 heterocycles. The molecule has 0 saturated carbocycles. The van der Waals surface area contributed by atoms with E-state index >= 15 is 0 Å². The molecule has 3 rings (SSSR count). The summed E-state index contributed by atoms with van der Waals surface area (Å²) in [5.74, 6) is 0.489. The van der Waals surface area contributed by atoms with E-state index in [1.807, 2.05) is 18.2 Å². The lowest BCUT2D eigenvalue weighted by Crippen LogP contribution is -2.06. The van der Waals surface area contributed by atoms with Crippen molar-refractivity contribution in [2.75, 3.05) is 5.32 Å². The van der Waals surface area contributed by atoms with Gasteiger partial charge >= 0.3 is 0 Å². The van der Waals surface area contributed by atoms with Crippen LogP contribution in [0.5, 0.6) is 0 Å². The van der Waals surface area contributed by atoms with Gasteiger partial charge in [0.25, 0.3) is 0 Å². The number of anilines is 1. The van der Waals surface area contributed by atoms with Crippen molar-refractivity contribution in [3.8, 4) is 0 Å². The van der Waals surface area contributed by atoms with Gasteiger partial charge in [0.05, 0.1) is 27.0 Å². The molecule has 1 N–H and O–H groups in total. The first kappa shape index (κ1) is 13.5. The zero-order chi connectivity index (χ0) is 14.1. The first-order chi connectivity index (χ1) is 9.63. The van der Waals surface area contributed by atoms with Gasteiger partial charge in [0.2, 0.25) is 0 Å². The molecule has 1 unspecified atom stereocenters. The van der Waals surface area contributed by atoms with Crippen LogP contribution in [0.25, 0.3) is 10.2 Å². The summed E-state index contributed by atoms with van der Waals surface area (Å²) < 4.78 is 1.21. The standard InChI is InChI=1S/C15H17N3S2/c1-9(2)14-17-12(8-19-14)10(3)16-15-18-11-6-4-5-7-13(11)20-15/h4-10H,1-3H3,(H,16,18). The summed E-state index contributed by atoms with van der Waals surface area (Å²) in [7, 11) is 0. The first-order valence-corrected chi connectivity index (χ1v) is 8.40. The van der Waals surface area contributed by atoms with E-state index in [0.717, 1.165) is 16.3 Å². The molecule has 1 atom stereocenters. The second kappa shape index (κ2) is 5.50. The number of benzene rings is 1. The Bertz CT molecular complexity index is 682. The number of aromatic nitrogens is 2. The Kier molecular flexibility index (Phi) is 3.72. The highest BCUT2D eigenvalue weighted by Gasteiger charge is 2.13. The van der Waals surface area contributed by atoms with Crippen molar-refractivity contribution in [3.05, 3.63) is 40.3 Å². The number of hydrogen-bond acceptors (Lipinski definition) is 5. The average molecular weight is 303 g/mol. The second-order valence-electron chi connectivity index (χ2n) is 5.12. The molecule has 104 valence electrons. The number of thiazole rings is 2. The van der Waals surface area contributed by atoms with Gasteiger partial charge in [-0.05, 0) is 19.1 Å². The van der Waals surface area contributed by atoms with E-state index in [2.05, 4.69) is 42.5 Å². The molecule has 0 saturated heterocycles. The molecule has 0 aliphatic heterocycles. The van der Waals surface area contributed by atoms with Crippen LogP contribution in [-0.2, 0) is 0 Å². The normalized spacial score (nSPS) is 13.0. The molecule has 3 aromatic rings. The van der Waals surface area contributed by atoms with Gasteiger partial charge in [-0.2, -0.15) is 0 Å². The lowest BCUT2D eigenvalue weighted by atomic mass is 10.2. The topological polar surface area (TPSA) is 37.8 Å². The average Bonchev–Trinajstić information content (AvgIpc) is 3.04. The van der Waals surface area contributed by atoms with Crippen LogP contribution in [0.15, 0.2) is 29.6 Å². The molecular formula is C15H17N3S2. The van der Waals surface area contributed by atoms with Crippen molar-refractivity contribution in [1.29, 1.82) is 0 Å². The Balaban J connectivity index is 1.78. The van der Waals surface area contributed by atoms with E-state index in [9.17, 15) is 0 Å². The van der Waals surface area contributed by atoms with E-state index < -0.39 is 0 Å². The maximum atomic E-state index is 4.69. The van der Waals surface area contributed by atoms with E-state index in [4.69, 9.17) is 4.98 Å². The number of rotatable bonds is 4. The summed E-state index contributed by atoms with van der Waals surface area (Å²) in [5, 5.41) is 7.74. The number of para-hydroxylation sites is 1. The second-order valence-corrected chi connectivity index (χ2v) is 7.04. The van der Waals surface area contributed by atoms with Crippen molar-refractivity contribution in [1.82, 2.24) is 9.97 Å². The largest absolute Gasteiger partial charge is 0.353 e. The monoisotopic (exact) mass is 303 g/mol. The zero-order valence-corrected chi connectivity index (χ0v) is 13.4. The van der Waals surface area contributed by atoms with E-state index in [1.165, 1.54) is 9.71 Å². The van der Waals surface area contributed by atoms with Gasteiger partial charge in [0, 0.05) is 11.3 Å². The Morgan fingerprint density at radius 3 is 2.60 bits per heavy atom. The van der Waals surface area contributed by atoms with Crippen LogP contribution in [0.4, 0.5) is 5.13 Å². The van der Waals surface area contributed by atoms with Crippen molar-refractivity contribution in [3.63, 3.8) is 0 Å². The maximum absolute atomic E-state index is 4.69. The molecule has 0 spiro atoms. The van der Waals surface area contributed by atoms with E-state index in [0.29, 0.717) is 5.92 Å². The number of hydrogen-bond donors (Lipinski definition) is 1. The highest BCUT2D eigenvalue weighted by Crippen LogP contribution is 2.29. The van der Waals surface area contributed by atoms with Crippen LogP contribution in [0.1, 0.15) is 43.4 Å². The molecule has 0 bridgehead atoms. The molecule has 3 nitrogen and oxygen atoms in total. The number of nitrogens with zero attached hydrogens (tertiary/aromatic N) is 2. The minimum atomic E-state index is 0.180.